The van der Waals surface area contributed by atoms with Gasteiger partial charge in [-0.3, -0.25) is 9.78 Å². The number of ether oxygens (including phenoxy) is 1. The topological polar surface area (TPSA) is 54.5 Å². The van der Waals surface area contributed by atoms with Gasteiger partial charge in [0.1, 0.15) is 6.10 Å². The molecule has 6 heteroatoms. The first-order chi connectivity index (χ1) is 11.7. The van der Waals surface area contributed by atoms with Crippen molar-refractivity contribution < 1.29 is 9.53 Å². The van der Waals surface area contributed by atoms with E-state index in [0.29, 0.717) is 13.2 Å². The number of nitrogens with one attached hydrogen (secondary N) is 1. The number of halogens is 1. The molecule has 2 rings (SSSR count). The van der Waals surface area contributed by atoms with Crippen LogP contribution in [0.3, 0.4) is 0 Å². The molecular weight excluding hydrogens is 338 g/mol. The van der Waals surface area contributed by atoms with Crippen molar-refractivity contribution in [2.75, 3.05) is 19.7 Å². The van der Waals surface area contributed by atoms with E-state index in [4.69, 9.17) is 4.74 Å². The molecule has 2 heterocycles. The van der Waals surface area contributed by atoms with Crippen molar-refractivity contribution in [3.05, 3.63) is 42.7 Å². The van der Waals surface area contributed by atoms with Gasteiger partial charge in [-0.1, -0.05) is 12.1 Å². The van der Waals surface area contributed by atoms with Crippen LogP contribution in [0.5, 0.6) is 0 Å². The average molecular weight is 368 g/mol. The Kier molecular flexibility index (Phi) is 10.4. The molecule has 140 valence electrons. The van der Waals surface area contributed by atoms with Gasteiger partial charge in [0.05, 0.1) is 18.8 Å². The van der Waals surface area contributed by atoms with Crippen LogP contribution < -0.4 is 5.32 Å². The van der Waals surface area contributed by atoms with Crippen LogP contribution in [-0.4, -0.2) is 47.6 Å². The number of amides is 1. The fourth-order valence-electron chi connectivity index (χ4n) is 3.00. The zero-order valence-corrected chi connectivity index (χ0v) is 15.8. The molecule has 1 aromatic rings. The zero-order chi connectivity index (χ0) is 17.2. The van der Waals surface area contributed by atoms with E-state index in [-0.39, 0.29) is 24.4 Å². The van der Waals surface area contributed by atoms with Gasteiger partial charge in [-0.15, -0.1) is 19.0 Å². The lowest BCUT2D eigenvalue weighted by atomic mass is 10.1. The lowest BCUT2D eigenvalue weighted by molar-refractivity contribution is -0.146. The number of hydrogen-bond donors (Lipinski definition) is 1. The van der Waals surface area contributed by atoms with Crippen molar-refractivity contribution in [1.29, 1.82) is 0 Å². The largest absolute Gasteiger partial charge is 0.368 e. The summed E-state index contributed by atoms with van der Waals surface area (Å²) >= 11 is 0. The highest BCUT2D eigenvalue weighted by Crippen LogP contribution is 2.18. The van der Waals surface area contributed by atoms with E-state index in [1.165, 1.54) is 0 Å². The molecule has 0 aromatic carbocycles. The Morgan fingerprint density at radius 1 is 1.48 bits per heavy atom. The summed E-state index contributed by atoms with van der Waals surface area (Å²) in [5, 5.41) is 3.41. The Morgan fingerprint density at radius 3 is 3.04 bits per heavy atom. The molecule has 1 N–H and O–H groups in total. The minimum atomic E-state index is -0.440. The predicted molar refractivity (Wildman–Crippen MR) is 103 cm³/mol. The lowest BCUT2D eigenvalue weighted by Crippen LogP contribution is -2.45. The Bertz CT molecular complexity index is 505. The molecule has 1 aromatic heterocycles. The molecule has 0 radical (unpaired) electrons. The van der Waals surface area contributed by atoms with Gasteiger partial charge in [0.25, 0.3) is 5.91 Å². The molecular formula is C19H30ClN3O2. The van der Waals surface area contributed by atoms with Gasteiger partial charge in [0.15, 0.2) is 0 Å². The van der Waals surface area contributed by atoms with E-state index in [1.54, 1.807) is 12.3 Å². The van der Waals surface area contributed by atoms with Gasteiger partial charge in [-0.05, 0) is 57.8 Å². The van der Waals surface area contributed by atoms with Crippen LogP contribution in [-0.2, 0) is 16.1 Å². The number of rotatable bonds is 8. The molecule has 1 fully saturated rings. The average Bonchev–Trinajstić information content (AvgIpc) is 2.89. The summed E-state index contributed by atoms with van der Waals surface area (Å²) in [6.07, 6.45) is 6.97. The van der Waals surface area contributed by atoms with Crippen molar-refractivity contribution in [3.8, 4) is 0 Å². The molecule has 25 heavy (non-hydrogen) atoms. The molecule has 1 aliphatic heterocycles. The van der Waals surface area contributed by atoms with Crippen LogP contribution in [0.15, 0.2) is 37.1 Å². The standard InChI is InChI=1S/C19H29N3O2.ClH/c1-3-4-14-24-16(2)19(23)22(15-17-8-5-6-12-21-17)18-9-7-11-20-13-10-18;/h3,5-6,8,12,16,18,20H,1,4,7,9-11,13-15H2,2H3;1H. The van der Waals surface area contributed by atoms with Gasteiger partial charge in [0, 0.05) is 12.2 Å². The molecule has 1 saturated heterocycles. The maximum atomic E-state index is 13.0. The van der Waals surface area contributed by atoms with Gasteiger partial charge >= 0.3 is 0 Å². The summed E-state index contributed by atoms with van der Waals surface area (Å²) in [6.45, 7) is 8.56. The van der Waals surface area contributed by atoms with Gasteiger partial charge < -0.3 is 15.0 Å². The second-order valence-electron chi connectivity index (χ2n) is 6.21. The molecule has 0 saturated carbocycles. The van der Waals surface area contributed by atoms with E-state index < -0.39 is 6.10 Å². The molecule has 1 aliphatic rings. The third kappa shape index (κ3) is 7.14. The third-order valence-electron chi connectivity index (χ3n) is 4.37. The number of nitrogens with zero attached hydrogens (tertiary/aromatic N) is 2. The highest BCUT2D eigenvalue weighted by atomic mass is 35.5. The number of carbonyl (C=O) groups is 1. The van der Waals surface area contributed by atoms with Crippen LogP contribution in [0.25, 0.3) is 0 Å². The number of hydrogen-bond acceptors (Lipinski definition) is 4. The maximum absolute atomic E-state index is 13.0. The van der Waals surface area contributed by atoms with Crippen molar-refractivity contribution >= 4 is 18.3 Å². The first-order valence-electron chi connectivity index (χ1n) is 8.86. The van der Waals surface area contributed by atoms with E-state index in [2.05, 4.69) is 16.9 Å². The van der Waals surface area contributed by atoms with Crippen LogP contribution >= 0.6 is 12.4 Å². The van der Waals surface area contributed by atoms with Crippen molar-refractivity contribution in [3.63, 3.8) is 0 Å². The molecule has 5 nitrogen and oxygen atoms in total. The van der Waals surface area contributed by atoms with Gasteiger partial charge in [-0.2, -0.15) is 0 Å². The minimum Gasteiger partial charge on any atom is -0.368 e. The summed E-state index contributed by atoms with van der Waals surface area (Å²) in [6, 6.07) is 6.06. The summed E-state index contributed by atoms with van der Waals surface area (Å²) in [4.78, 5) is 19.3. The minimum absolute atomic E-state index is 0. The summed E-state index contributed by atoms with van der Waals surface area (Å²) < 4.78 is 5.69. The molecule has 0 spiro atoms. The zero-order valence-electron chi connectivity index (χ0n) is 15.0. The van der Waals surface area contributed by atoms with Crippen LogP contribution in [0.1, 0.15) is 38.3 Å². The number of aromatic nitrogens is 1. The predicted octanol–water partition coefficient (Wildman–Crippen LogP) is 2.96. The summed E-state index contributed by atoms with van der Waals surface area (Å²) in [5.74, 6) is 0.0524. The third-order valence-corrected chi connectivity index (χ3v) is 4.37. The van der Waals surface area contributed by atoms with Crippen molar-refractivity contribution in [2.45, 2.75) is 51.3 Å². The SMILES string of the molecule is C=CCCOC(C)C(=O)N(Cc1ccccn1)C1CCCNCC1.Cl. The van der Waals surface area contributed by atoms with Gasteiger partial charge in [0.2, 0.25) is 0 Å². The normalized spacial score (nSPS) is 18.5. The van der Waals surface area contributed by atoms with Gasteiger partial charge in [-0.25, -0.2) is 0 Å². The van der Waals surface area contributed by atoms with E-state index in [9.17, 15) is 4.79 Å². The van der Waals surface area contributed by atoms with Crippen molar-refractivity contribution in [2.24, 2.45) is 0 Å². The molecule has 0 bridgehead atoms. The summed E-state index contributed by atoms with van der Waals surface area (Å²) in [7, 11) is 0. The fraction of sp³-hybridized carbons (Fsp3) is 0.579. The number of carbonyl (C=O) groups excluding carboxylic acids is 1. The van der Waals surface area contributed by atoms with E-state index in [0.717, 1.165) is 44.5 Å². The smallest absolute Gasteiger partial charge is 0.252 e. The van der Waals surface area contributed by atoms with Crippen LogP contribution in [0, 0.1) is 0 Å². The molecule has 1 amide bonds. The lowest BCUT2D eigenvalue weighted by Gasteiger charge is -2.33. The Hall–Kier alpha value is -1.43. The monoisotopic (exact) mass is 367 g/mol. The maximum Gasteiger partial charge on any atom is 0.252 e. The quantitative estimate of drug-likeness (QED) is 0.567. The first kappa shape index (κ1) is 21.6. The van der Waals surface area contributed by atoms with E-state index >= 15 is 0 Å². The Balaban J connectivity index is 0.00000312. The Labute approximate surface area is 157 Å². The second kappa shape index (κ2) is 12.0. The highest BCUT2D eigenvalue weighted by molar-refractivity contribution is 5.85. The fourth-order valence-corrected chi connectivity index (χ4v) is 3.00. The molecule has 0 aliphatic carbocycles. The highest BCUT2D eigenvalue weighted by Gasteiger charge is 2.28. The van der Waals surface area contributed by atoms with Crippen molar-refractivity contribution in [1.82, 2.24) is 15.2 Å². The van der Waals surface area contributed by atoms with Crippen LogP contribution in [0.2, 0.25) is 0 Å². The molecule has 2 atom stereocenters. The summed E-state index contributed by atoms with van der Waals surface area (Å²) in [5.41, 5.74) is 0.918. The first-order valence-corrected chi connectivity index (χ1v) is 8.86. The van der Waals surface area contributed by atoms with E-state index in [1.807, 2.05) is 30.0 Å². The van der Waals surface area contributed by atoms with Crippen LogP contribution in [0.4, 0.5) is 0 Å². The number of pyridine rings is 1. The second-order valence-corrected chi connectivity index (χ2v) is 6.21. The Morgan fingerprint density at radius 2 is 2.32 bits per heavy atom. The molecule has 2 unspecified atom stereocenters.